The van der Waals surface area contributed by atoms with Gasteiger partial charge in [-0.1, -0.05) is 36.4 Å². The third kappa shape index (κ3) is 3.21. The minimum Gasteiger partial charge on any atom is -0.345 e. The third-order valence-corrected chi connectivity index (χ3v) is 5.07. The van der Waals surface area contributed by atoms with Crippen LogP contribution >= 0.6 is 0 Å². The summed E-state index contributed by atoms with van der Waals surface area (Å²) in [4.78, 5) is 9.90. The Labute approximate surface area is 142 Å². The predicted molar refractivity (Wildman–Crippen MR) is 98.0 cm³/mol. The largest absolute Gasteiger partial charge is 0.345 e. The summed E-state index contributed by atoms with van der Waals surface area (Å²) in [7, 11) is 2.22. The zero-order valence-electron chi connectivity index (χ0n) is 14.1. The maximum atomic E-state index is 4.27. The molecule has 4 heteroatoms. The summed E-state index contributed by atoms with van der Waals surface area (Å²) in [6.45, 7) is 4.25. The van der Waals surface area contributed by atoms with Crippen LogP contribution in [0.15, 0.2) is 54.9 Å². The number of likely N-dealkylation sites (N-methyl/N-ethyl adjacent to an activating group) is 1. The maximum absolute atomic E-state index is 4.27. The van der Waals surface area contributed by atoms with Crippen molar-refractivity contribution in [2.75, 3.05) is 26.7 Å². The normalized spacial score (nSPS) is 21.5. The molecule has 0 aliphatic carbocycles. The molecule has 0 bridgehead atoms. The van der Waals surface area contributed by atoms with Gasteiger partial charge in [0.25, 0.3) is 0 Å². The first-order chi connectivity index (χ1) is 11.8. The number of likely N-dealkylation sites (tertiary alicyclic amines) is 1. The molecule has 3 aromatic rings. The van der Waals surface area contributed by atoms with E-state index in [4.69, 9.17) is 0 Å². The number of hydrogen-bond donors (Lipinski definition) is 2. The average molecular weight is 320 g/mol. The van der Waals surface area contributed by atoms with Gasteiger partial charge in [-0.25, -0.2) is 4.98 Å². The van der Waals surface area contributed by atoms with E-state index >= 15 is 0 Å². The van der Waals surface area contributed by atoms with Gasteiger partial charge in [-0.15, -0.1) is 0 Å². The van der Waals surface area contributed by atoms with Gasteiger partial charge in [0, 0.05) is 32.1 Å². The quantitative estimate of drug-likeness (QED) is 0.759. The molecule has 4 nitrogen and oxygen atoms in total. The molecule has 1 aliphatic heterocycles. The molecule has 0 amide bonds. The fourth-order valence-electron chi connectivity index (χ4n) is 3.87. The number of rotatable bonds is 5. The Balaban J connectivity index is 1.39. The fourth-order valence-corrected chi connectivity index (χ4v) is 3.87. The van der Waals surface area contributed by atoms with E-state index in [1.165, 1.54) is 11.1 Å². The van der Waals surface area contributed by atoms with E-state index in [0.29, 0.717) is 11.8 Å². The summed E-state index contributed by atoms with van der Waals surface area (Å²) < 4.78 is 0. The van der Waals surface area contributed by atoms with Gasteiger partial charge >= 0.3 is 0 Å². The number of hydrogen-bond acceptors (Lipinski definition) is 3. The number of nitrogens with one attached hydrogen (secondary N) is 2. The minimum atomic E-state index is 0.624. The van der Waals surface area contributed by atoms with Crippen molar-refractivity contribution >= 4 is 11.0 Å². The maximum Gasteiger partial charge on any atom is 0.0931 e. The highest BCUT2D eigenvalue weighted by Gasteiger charge is 2.31. The average Bonchev–Trinajstić information content (AvgIpc) is 3.21. The Bertz CT molecular complexity index is 796. The Morgan fingerprint density at radius 3 is 2.92 bits per heavy atom. The van der Waals surface area contributed by atoms with Crippen LogP contribution in [0.25, 0.3) is 11.0 Å². The zero-order chi connectivity index (χ0) is 16.4. The summed E-state index contributed by atoms with van der Waals surface area (Å²) in [6.07, 6.45) is 1.75. The van der Waals surface area contributed by atoms with Gasteiger partial charge in [-0.2, -0.15) is 0 Å². The van der Waals surface area contributed by atoms with Crippen molar-refractivity contribution in [3.05, 3.63) is 66.0 Å². The van der Waals surface area contributed by atoms with Crippen molar-refractivity contribution in [2.24, 2.45) is 5.92 Å². The standard InChI is InChI=1S/C20H24N4/c1-24-12-17(18(13-24)16-5-3-2-4-6-16)11-21-10-15-7-8-19-20(9-15)23-14-22-19/h2-9,14,17-18,21H,10-13H2,1H3,(H,22,23)/t17-,18+/m1/s1. The van der Waals surface area contributed by atoms with Crippen LogP contribution in [0.2, 0.25) is 0 Å². The highest BCUT2D eigenvalue weighted by molar-refractivity contribution is 5.74. The molecule has 2 heterocycles. The van der Waals surface area contributed by atoms with Gasteiger partial charge in [0.1, 0.15) is 0 Å². The van der Waals surface area contributed by atoms with Crippen LogP contribution in [0.3, 0.4) is 0 Å². The van der Waals surface area contributed by atoms with Crippen molar-refractivity contribution in [3.63, 3.8) is 0 Å². The lowest BCUT2D eigenvalue weighted by Crippen LogP contribution is -2.27. The molecule has 1 aromatic heterocycles. The molecule has 24 heavy (non-hydrogen) atoms. The number of imidazole rings is 1. The molecule has 0 unspecified atom stereocenters. The lowest BCUT2D eigenvalue weighted by molar-refractivity contribution is 0.388. The third-order valence-electron chi connectivity index (χ3n) is 5.07. The van der Waals surface area contributed by atoms with Crippen LogP contribution in [-0.2, 0) is 6.54 Å². The molecule has 1 fully saturated rings. The van der Waals surface area contributed by atoms with E-state index in [9.17, 15) is 0 Å². The van der Waals surface area contributed by atoms with Gasteiger partial charge < -0.3 is 15.2 Å². The molecule has 0 radical (unpaired) electrons. The molecule has 2 aromatic carbocycles. The number of fused-ring (bicyclic) bond motifs is 1. The molecule has 124 valence electrons. The Hall–Kier alpha value is -2.17. The molecule has 0 spiro atoms. The lowest BCUT2D eigenvalue weighted by Gasteiger charge is -2.19. The van der Waals surface area contributed by atoms with Gasteiger partial charge in [0.15, 0.2) is 0 Å². The van der Waals surface area contributed by atoms with Gasteiger partial charge in [0.05, 0.1) is 17.4 Å². The molecular formula is C20H24N4. The van der Waals surface area contributed by atoms with Crippen LogP contribution in [-0.4, -0.2) is 41.5 Å². The number of aromatic nitrogens is 2. The first kappa shape index (κ1) is 15.4. The number of H-pyrrole nitrogens is 1. The second kappa shape index (κ2) is 6.75. The first-order valence-electron chi connectivity index (χ1n) is 8.66. The van der Waals surface area contributed by atoms with E-state index in [1.807, 2.05) is 0 Å². The van der Waals surface area contributed by atoms with Crippen molar-refractivity contribution in [3.8, 4) is 0 Å². The smallest absolute Gasteiger partial charge is 0.0931 e. The summed E-state index contributed by atoms with van der Waals surface area (Å²) in [6, 6.07) is 17.4. The molecule has 0 saturated carbocycles. The molecule has 4 rings (SSSR count). The molecular weight excluding hydrogens is 296 g/mol. The van der Waals surface area contributed by atoms with E-state index in [0.717, 1.165) is 37.2 Å². The summed E-state index contributed by atoms with van der Waals surface area (Å²) in [5.41, 5.74) is 4.90. The topological polar surface area (TPSA) is 44.0 Å². The second-order valence-electron chi connectivity index (χ2n) is 6.88. The van der Waals surface area contributed by atoms with E-state index < -0.39 is 0 Å². The molecule has 1 saturated heterocycles. The highest BCUT2D eigenvalue weighted by Crippen LogP contribution is 2.31. The molecule has 1 aliphatic rings. The Morgan fingerprint density at radius 2 is 2.04 bits per heavy atom. The van der Waals surface area contributed by atoms with Crippen molar-refractivity contribution in [2.45, 2.75) is 12.5 Å². The van der Waals surface area contributed by atoms with Crippen molar-refractivity contribution < 1.29 is 0 Å². The number of aromatic amines is 1. The van der Waals surface area contributed by atoms with E-state index in [2.05, 4.69) is 75.8 Å². The van der Waals surface area contributed by atoms with Gasteiger partial charge in [0.2, 0.25) is 0 Å². The van der Waals surface area contributed by atoms with Crippen LogP contribution in [0.5, 0.6) is 0 Å². The van der Waals surface area contributed by atoms with Gasteiger partial charge in [-0.05, 0) is 36.2 Å². The Morgan fingerprint density at radius 1 is 1.17 bits per heavy atom. The Kier molecular flexibility index (Phi) is 4.32. The monoisotopic (exact) mass is 320 g/mol. The van der Waals surface area contributed by atoms with Crippen molar-refractivity contribution in [1.82, 2.24) is 20.2 Å². The highest BCUT2D eigenvalue weighted by atomic mass is 15.1. The summed E-state index contributed by atoms with van der Waals surface area (Å²) in [5, 5.41) is 3.66. The zero-order valence-corrected chi connectivity index (χ0v) is 14.1. The summed E-state index contributed by atoms with van der Waals surface area (Å²) in [5.74, 6) is 1.28. The van der Waals surface area contributed by atoms with E-state index in [-0.39, 0.29) is 0 Å². The SMILES string of the molecule is CN1C[C@@H](CNCc2ccc3nc[nH]c3c2)[C@H](c2ccccc2)C1. The number of benzene rings is 2. The predicted octanol–water partition coefficient (Wildman–Crippen LogP) is 3.00. The van der Waals surface area contributed by atoms with Crippen LogP contribution < -0.4 is 5.32 Å². The fraction of sp³-hybridized carbons (Fsp3) is 0.350. The van der Waals surface area contributed by atoms with Crippen LogP contribution in [0.1, 0.15) is 17.0 Å². The second-order valence-corrected chi connectivity index (χ2v) is 6.88. The lowest BCUT2D eigenvalue weighted by atomic mass is 9.89. The number of nitrogens with zero attached hydrogens (tertiary/aromatic N) is 2. The molecule has 2 atom stereocenters. The molecule has 2 N–H and O–H groups in total. The van der Waals surface area contributed by atoms with Gasteiger partial charge in [-0.3, -0.25) is 0 Å². The van der Waals surface area contributed by atoms with E-state index in [1.54, 1.807) is 6.33 Å². The first-order valence-corrected chi connectivity index (χ1v) is 8.66. The minimum absolute atomic E-state index is 0.624. The van der Waals surface area contributed by atoms with Crippen molar-refractivity contribution in [1.29, 1.82) is 0 Å². The summed E-state index contributed by atoms with van der Waals surface area (Å²) >= 11 is 0. The van der Waals surface area contributed by atoms with Crippen LogP contribution in [0.4, 0.5) is 0 Å². The van der Waals surface area contributed by atoms with Crippen LogP contribution in [0, 0.1) is 5.92 Å².